The van der Waals surface area contributed by atoms with Crippen LogP contribution < -0.4 is 10.2 Å². The van der Waals surface area contributed by atoms with Gasteiger partial charge in [0.15, 0.2) is 0 Å². The zero-order valence-electron chi connectivity index (χ0n) is 9.50. The van der Waals surface area contributed by atoms with Crippen LogP contribution in [0, 0.1) is 5.82 Å². The molecule has 4 heteroatoms. The van der Waals surface area contributed by atoms with Crippen molar-refractivity contribution in [3.63, 3.8) is 0 Å². The standard InChI is InChI=1S/C12H17FN2O/c1-16-9-10-2-3-11(13)12(8-10)15-6-4-14-5-7-15/h2-3,8,14H,4-7,9H2,1H3. The van der Waals surface area contributed by atoms with Crippen LogP contribution in [-0.2, 0) is 11.3 Å². The minimum Gasteiger partial charge on any atom is -0.380 e. The van der Waals surface area contributed by atoms with Crippen LogP contribution in [0.5, 0.6) is 0 Å². The number of rotatable bonds is 3. The quantitative estimate of drug-likeness (QED) is 0.839. The van der Waals surface area contributed by atoms with Gasteiger partial charge in [-0.3, -0.25) is 0 Å². The van der Waals surface area contributed by atoms with E-state index >= 15 is 0 Å². The summed E-state index contributed by atoms with van der Waals surface area (Å²) in [4.78, 5) is 2.07. The van der Waals surface area contributed by atoms with E-state index in [0.29, 0.717) is 12.3 Å². The van der Waals surface area contributed by atoms with Crippen LogP contribution in [-0.4, -0.2) is 33.3 Å². The Kier molecular flexibility index (Phi) is 3.74. The van der Waals surface area contributed by atoms with Crippen LogP contribution in [0.2, 0.25) is 0 Å². The molecule has 1 heterocycles. The van der Waals surface area contributed by atoms with Gasteiger partial charge in [0.05, 0.1) is 12.3 Å². The predicted molar refractivity (Wildman–Crippen MR) is 62.2 cm³/mol. The summed E-state index contributed by atoms with van der Waals surface area (Å²) < 4.78 is 18.7. The summed E-state index contributed by atoms with van der Waals surface area (Å²) in [6.45, 7) is 4.06. The van der Waals surface area contributed by atoms with Gasteiger partial charge in [-0.2, -0.15) is 0 Å². The molecule has 88 valence electrons. The average molecular weight is 224 g/mol. The Bertz CT molecular complexity index is 351. The molecule has 0 spiro atoms. The summed E-state index contributed by atoms with van der Waals surface area (Å²) in [5, 5.41) is 3.25. The van der Waals surface area contributed by atoms with E-state index in [9.17, 15) is 4.39 Å². The third-order valence-corrected chi connectivity index (χ3v) is 2.78. The molecule has 0 bridgehead atoms. The molecule has 0 saturated carbocycles. The maximum atomic E-state index is 13.7. The molecule has 1 aliphatic rings. The number of ether oxygens (including phenoxy) is 1. The number of piperazine rings is 1. The van der Waals surface area contributed by atoms with Crippen LogP contribution in [0.3, 0.4) is 0 Å². The molecule has 16 heavy (non-hydrogen) atoms. The highest BCUT2D eigenvalue weighted by atomic mass is 19.1. The van der Waals surface area contributed by atoms with Gasteiger partial charge in [-0.15, -0.1) is 0 Å². The van der Waals surface area contributed by atoms with Gasteiger partial charge in [0.25, 0.3) is 0 Å². The molecule has 3 nitrogen and oxygen atoms in total. The Morgan fingerprint density at radius 2 is 2.12 bits per heavy atom. The van der Waals surface area contributed by atoms with Crippen molar-refractivity contribution in [1.82, 2.24) is 5.32 Å². The van der Waals surface area contributed by atoms with E-state index < -0.39 is 0 Å². The molecule has 0 amide bonds. The zero-order chi connectivity index (χ0) is 11.4. The van der Waals surface area contributed by atoms with E-state index in [2.05, 4.69) is 10.2 Å². The summed E-state index contributed by atoms with van der Waals surface area (Å²) in [5.41, 5.74) is 1.70. The fourth-order valence-corrected chi connectivity index (χ4v) is 1.96. The van der Waals surface area contributed by atoms with Crippen molar-refractivity contribution >= 4 is 5.69 Å². The normalized spacial score (nSPS) is 16.5. The first-order valence-electron chi connectivity index (χ1n) is 5.54. The monoisotopic (exact) mass is 224 g/mol. The van der Waals surface area contributed by atoms with Gasteiger partial charge in [0.2, 0.25) is 0 Å². The van der Waals surface area contributed by atoms with Crippen LogP contribution in [0.25, 0.3) is 0 Å². The minimum atomic E-state index is -0.151. The molecule has 0 radical (unpaired) electrons. The molecule has 2 rings (SSSR count). The summed E-state index contributed by atoms with van der Waals surface area (Å²) in [6.07, 6.45) is 0. The number of halogens is 1. The van der Waals surface area contributed by atoms with Crippen LogP contribution >= 0.6 is 0 Å². The summed E-state index contributed by atoms with van der Waals surface area (Å²) >= 11 is 0. The molecular weight excluding hydrogens is 207 g/mol. The highest BCUT2D eigenvalue weighted by Crippen LogP contribution is 2.21. The van der Waals surface area contributed by atoms with Crippen molar-refractivity contribution in [3.8, 4) is 0 Å². The molecule has 0 aliphatic carbocycles. The largest absolute Gasteiger partial charge is 0.380 e. The Labute approximate surface area is 95.2 Å². The fourth-order valence-electron chi connectivity index (χ4n) is 1.96. The number of methoxy groups -OCH3 is 1. The first kappa shape index (κ1) is 11.4. The Balaban J connectivity index is 2.19. The molecule has 0 unspecified atom stereocenters. The van der Waals surface area contributed by atoms with E-state index in [1.807, 2.05) is 6.07 Å². The van der Waals surface area contributed by atoms with Gasteiger partial charge < -0.3 is 15.0 Å². The molecule has 0 aromatic heterocycles. The maximum absolute atomic E-state index is 13.7. The lowest BCUT2D eigenvalue weighted by Crippen LogP contribution is -2.43. The summed E-state index contributed by atoms with van der Waals surface area (Å²) in [7, 11) is 1.65. The second-order valence-electron chi connectivity index (χ2n) is 3.96. The molecule has 1 fully saturated rings. The van der Waals surface area contributed by atoms with E-state index in [4.69, 9.17) is 4.74 Å². The third kappa shape index (κ3) is 2.51. The lowest BCUT2D eigenvalue weighted by Gasteiger charge is -2.30. The molecule has 1 aromatic rings. The highest BCUT2D eigenvalue weighted by Gasteiger charge is 2.14. The van der Waals surface area contributed by atoms with E-state index in [1.165, 1.54) is 6.07 Å². The topological polar surface area (TPSA) is 24.5 Å². The zero-order valence-corrected chi connectivity index (χ0v) is 9.50. The van der Waals surface area contributed by atoms with Gasteiger partial charge in [-0.25, -0.2) is 4.39 Å². The molecule has 1 N–H and O–H groups in total. The lowest BCUT2D eigenvalue weighted by atomic mass is 10.1. The highest BCUT2D eigenvalue weighted by molar-refractivity contribution is 5.50. The first-order valence-corrected chi connectivity index (χ1v) is 5.54. The van der Waals surface area contributed by atoms with Crippen LogP contribution in [0.15, 0.2) is 18.2 Å². The van der Waals surface area contributed by atoms with E-state index in [0.717, 1.165) is 31.7 Å². The number of hydrogen-bond acceptors (Lipinski definition) is 3. The summed E-state index contributed by atoms with van der Waals surface area (Å²) in [6, 6.07) is 5.17. The number of nitrogens with one attached hydrogen (secondary N) is 1. The van der Waals surface area contributed by atoms with Crippen LogP contribution in [0.1, 0.15) is 5.56 Å². The molecule has 1 saturated heterocycles. The van der Waals surface area contributed by atoms with E-state index in [1.54, 1.807) is 13.2 Å². The SMILES string of the molecule is COCc1ccc(F)c(N2CCNCC2)c1. The predicted octanol–water partition coefficient (Wildman–Crippen LogP) is 1.38. The Hall–Kier alpha value is -1.13. The van der Waals surface area contributed by atoms with Crippen LogP contribution in [0.4, 0.5) is 10.1 Å². The smallest absolute Gasteiger partial charge is 0.146 e. The van der Waals surface area contributed by atoms with Crippen molar-refractivity contribution in [2.45, 2.75) is 6.61 Å². The maximum Gasteiger partial charge on any atom is 0.146 e. The number of nitrogens with zero attached hydrogens (tertiary/aromatic N) is 1. The van der Waals surface area contributed by atoms with Crippen molar-refractivity contribution in [3.05, 3.63) is 29.6 Å². The fraction of sp³-hybridized carbons (Fsp3) is 0.500. The van der Waals surface area contributed by atoms with Gasteiger partial charge in [-0.05, 0) is 17.7 Å². The van der Waals surface area contributed by atoms with Crippen molar-refractivity contribution < 1.29 is 9.13 Å². The number of hydrogen-bond donors (Lipinski definition) is 1. The van der Waals surface area contributed by atoms with Crippen molar-refractivity contribution in [2.24, 2.45) is 0 Å². The van der Waals surface area contributed by atoms with E-state index in [-0.39, 0.29) is 5.82 Å². The molecule has 1 aromatic carbocycles. The summed E-state index contributed by atoms with van der Waals surface area (Å²) in [5.74, 6) is -0.151. The molecular formula is C12H17FN2O. The molecule has 0 atom stereocenters. The molecule has 1 aliphatic heterocycles. The second kappa shape index (κ2) is 5.27. The van der Waals surface area contributed by atoms with Gasteiger partial charge >= 0.3 is 0 Å². The first-order chi connectivity index (χ1) is 7.81. The Morgan fingerprint density at radius 1 is 1.38 bits per heavy atom. The van der Waals surface area contributed by atoms with Crippen molar-refractivity contribution in [2.75, 3.05) is 38.2 Å². The van der Waals surface area contributed by atoms with Gasteiger partial charge in [-0.1, -0.05) is 6.07 Å². The number of anilines is 1. The lowest BCUT2D eigenvalue weighted by molar-refractivity contribution is 0.185. The minimum absolute atomic E-state index is 0.151. The van der Waals surface area contributed by atoms with Gasteiger partial charge in [0, 0.05) is 33.3 Å². The second-order valence-corrected chi connectivity index (χ2v) is 3.96. The Morgan fingerprint density at radius 3 is 2.81 bits per heavy atom. The van der Waals surface area contributed by atoms with Gasteiger partial charge in [0.1, 0.15) is 5.82 Å². The van der Waals surface area contributed by atoms with Crippen molar-refractivity contribution in [1.29, 1.82) is 0 Å². The number of benzene rings is 1. The average Bonchev–Trinajstić information content (AvgIpc) is 2.33. The third-order valence-electron chi connectivity index (χ3n) is 2.78.